The zero-order chi connectivity index (χ0) is 11.7. The number of carbonyl (C=O) groups is 1. The van der Waals surface area contributed by atoms with Crippen LogP contribution in [0.15, 0.2) is 0 Å². The van der Waals surface area contributed by atoms with Crippen LogP contribution >= 0.6 is 0 Å². The Labute approximate surface area is 93.4 Å². The van der Waals surface area contributed by atoms with Crippen molar-refractivity contribution in [3.05, 3.63) is 0 Å². The summed E-state index contributed by atoms with van der Waals surface area (Å²) in [6, 6.07) is 0. The van der Waals surface area contributed by atoms with E-state index in [0.29, 0.717) is 6.54 Å². The van der Waals surface area contributed by atoms with Crippen LogP contribution in [0.4, 0.5) is 0 Å². The summed E-state index contributed by atoms with van der Waals surface area (Å²) >= 11 is 0. The monoisotopic (exact) mass is 215 g/mol. The highest BCUT2D eigenvalue weighted by molar-refractivity contribution is 5.66. The van der Waals surface area contributed by atoms with E-state index < -0.39 is 5.60 Å². The van der Waals surface area contributed by atoms with E-state index in [9.17, 15) is 4.79 Å². The van der Waals surface area contributed by atoms with Crippen molar-refractivity contribution in [2.75, 3.05) is 6.54 Å². The Morgan fingerprint density at radius 3 is 1.93 bits per heavy atom. The molecular weight excluding hydrogens is 190 g/mol. The minimum absolute atomic E-state index is 0.215. The van der Waals surface area contributed by atoms with Gasteiger partial charge in [0, 0.05) is 13.5 Å². The van der Waals surface area contributed by atoms with Crippen LogP contribution in [0.1, 0.15) is 59.3 Å². The Kier molecular flexibility index (Phi) is 7.39. The molecule has 3 heteroatoms. The number of esters is 1. The van der Waals surface area contributed by atoms with Crippen molar-refractivity contribution >= 4 is 5.97 Å². The molecule has 0 aromatic heterocycles. The highest BCUT2D eigenvalue weighted by Gasteiger charge is 2.30. The second kappa shape index (κ2) is 7.69. The molecule has 0 rings (SSSR count). The average molecular weight is 215 g/mol. The molecule has 0 heterocycles. The Morgan fingerprint density at radius 2 is 1.67 bits per heavy atom. The summed E-state index contributed by atoms with van der Waals surface area (Å²) in [6.07, 6.45) is 6.12. The van der Waals surface area contributed by atoms with Crippen LogP contribution in [0.2, 0.25) is 0 Å². The molecule has 0 radical (unpaired) electrons. The van der Waals surface area contributed by atoms with Gasteiger partial charge in [-0.05, 0) is 25.7 Å². The molecule has 0 aromatic rings. The van der Waals surface area contributed by atoms with Crippen LogP contribution in [-0.2, 0) is 9.53 Å². The highest BCUT2D eigenvalue weighted by Crippen LogP contribution is 2.25. The smallest absolute Gasteiger partial charge is 0.303 e. The van der Waals surface area contributed by atoms with Crippen molar-refractivity contribution < 1.29 is 9.53 Å². The first kappa shape index (κ1) is 14.4. The largest absolute Gasteiger partial charge is 0.458 e. The van der Waals surface area contributed by atoms with Crippen molar-refractivity contribution in [2.24, 2.45) is 5.73 Å². The molecule has 0 aliphatic carbocycles. The van der Waals surface area contributed by atoms with Gasteiger partial charge in [-0.25, -0.2) is 0 Å². The summed E-state index contributed by atoms with van der Waals surface area (Å²) in [5.74, 6) is -0.215. The molecule has 0 saturated heterocycles. The normalized spacial score (nSPS) is 11.5. The lowest BCUT2D eigenvalue weighted by molar-refractivity contribution is -0.158. The summed E-state index contributed by atoms with van der Waals surface area (Å²) in [5.41, 5.74) is 5.36. The van der Waals surface area contributed by atoms with Crippen molar-refractivity contribution in [3.8, 4) is 0 Å². The quantitative estimate of drug-likeness (QED) is 0.633. The molecule has 2 N–H and O–H groups in total. The Balaban J connectivity index is 4.36. The maximum Gasteiger partial charge on any atom is 0.303 e. The number of unbranched alkanes of at least 4 members (excludes halogenated alkanes) is 2. The molecule has 0 amide bonds. The van der Waals surface area contributed by atoms with Gasteiger partial charge in [0.25, 0.3) is 0 Å². The predicted molar refractivity (Wildman–Crippen MR) is 62.6 cm³/mol. The van der Waals surface area contributed by atoms with Crippen molar-refractivity contribution in [1.82, 2.24) is 0 Å². The number of carbonyl (C=O) groups excluding carboxylic acids is 1. The average Bonchev–Trinajstić information content (AvgIpc) is 2.22. The van der Waals surface area contributed by atoms with Crippen LogP contribution in [0.25, 0.3) is 0 Å². The SMILES string of the molecule is CCCCC(CN)(CCCC)OC(C)=O. The van der Waals surface area contributed by atoms with Gasteiger partial charge in [0.05, 0.1) is 0 Å². The van der Waals surface area contributed by atoms with Gasteiger partial charge >= 0.3 is 5.97 Å². The summed E-state index contributed by atoms with van der Waals surface area (Å²) in [6.45, 7) is 6.17. The second-order valence-corrected chi connectivity index (χ2v) is 4.19. The summed E-state index contributed by atoms with van der Waals surface area (Å²) in [7, 11) is 0. The minimum Gasteiger partial charge on any atom is -0.458 e. The third kappa shape index (κ3) is 5.78. The van der Waals surface area contributed by atoms with Crippen molar-refractivity contribution in [3.63, 3.8) is 0 Å². The van der Waals surface area contributed by atoms with Gasteiger partial charge in [0.2, 0.25) is 0 Å². The van der Waals surface area contributed by atoms with Gasteiger partial charge in [-0.15, -0.1) is 0 Å². The Bertz CT molecular complexity index is 172. The number of ether oxygens (including phenoxy) is 1. The molecule has 0 unspecified atom stereocenters. The Hall–Kier alpha value is -0.570. The zero-order valence-electron chi connectivity index (χ0n) is 10.3. The fraction of sp³-hybridized carbons (Fsp3) is 0.917. The van der Waals surface area contributed by atoms with E-state index >= 15 is 0 Å². The van der Waals surface area contributed by atoms with Crippen molar-refractivity contribution in [1.29, 1.82) is 0 Å². The van der Waals surface area contributed by atoms with Crippen LogP contribution in [0.5, 0.6) is 0 Å². The first-order valence-corrected chi connectivity index (χ1v) is 6.00. The third-order valence-corrected chi connectivity index (χ3v) is 2.70. The van der Waals surface area contributed by atoms with Gasteiger partial charge in [-0.1, -0.05) is 26.7 Å². The molecular formula is C12H25NO2. The molecule has 15 heavy (non-hydrogen) atoms. The molecule has 0 aliphatic rings. The van der Waals surface area contributed by atoms with Gasteiger partial charge in [-0.3, -0.25) is 4.79 Å². The lowest BCUT2D eigenvalue weighted by Crippen LogP contribution is -2.42. The lowest BCUT2D eigenvalue weighted by atomic mass is 9.90. The number of hydrogen-bond donors (Lipinski definition) is 1. The third-order valence-electron chi connectivity index (χ3n) is 2.70. The molecule has 0 saturated carbocycles. The summed E-state index contributed by atoms with van der Waals surface area (Å²) in [5, 5.41) is 0. The first-order valence-electron chi connectivity index (χ1n) is 6.00. The molecule has 0 atom stereocenters. The van der Waals surface area contributed by atoms with Crippen molar-refractivity contribution in [2.45, 2.75) is 64.9 Å². The van der Waals surface area contributed by atoms with Crippen LogP contribution < -0.4 is 5.73 Å². The summed E-state index contributed by atoms with van der Waals surface area (Å²) < 4.78 is 5.43. The van der Waals surface area contributed by atoms with E-state index in [4.69, 9.17) is 10.5 Å². The van der Waals surface area contributed by atoms with E-state index in [1.807, 2.05) is 0 Å². The predicted octanol–water partition coefficient (Wildman–Crippen LogP) is 2.63. The lowest BCUT2D eigenvalue weighted by Gasteiger charge is -2.32. The molecule has 0 fully saturated rings. The fourth-order valence-electron chi connectivity index (χ4n) is 1.78. The highest BCUT2D eigenvalue weighted by atomic mass is 16.6. The topological polar surface area (TPSA) is 52.3 Å². The number of hydrogen-bond acceptors (Lipinski definition) is 3. The number of nitrogens with two attached hydrogens (primary N) is 1. The van der Waals surface area contributed by atoms with Gasteiger partial charge < -0.3 is 10.5 Å². The molecule has 0 spiro atoms. The molecule has 90 valence electrons. The van der Waals surface area contributed by atoms with E-state index in [2.05, 4.69) is 13.8 Å². The molecule has 3 nitrogen and oxygen atoms in total. The van der Waals surface area contributed by atoms with E-state index in [-0.39, 0.29) is 5.97 Å². The zero-order valence-corrected chi connectivity index (χ0v) is 10.3. The number of rotatable bonds is 8. The van der Waals surface area contributed by atoms with Gasteiger partial charge in [0.1, 0.15) is 5.60 Å². The van der Waals surface area contributed by atoms with Gasteiger partial charge in [0.15, 0.2) is 0 Å². The van der Waals surface area contributed by atoms with Crippen LogP contribution in [0, 0.1) is 0 Å². The van der Waals surface area contributed by atoms with Crippen LogP contribution in [0.3, 0.4) is 0 Å². The maximum absolute atomic E-state index is 11.1. The molecule has 0 aromatic carbocycles. The van der Waals surface area contributed by atoms with Gasteiger partial charge in [-0.2, -0.15) is 0 Å². The minimum atomic E-state index is -0.405. The van der Waals surface area contributed by atoms with Crippen LogP contribution in [-0.4, -0.2) is 18.1 Å². The van der Waals surface area contributed by atoms with E-state index in [1.54, 1.807) is 0 Å². The standard InChI is InChI=1S/C12H25NO2/c1-4-6-8-12(10-13,9-7-5-2)15-11(3)14/h4-10,13H2,1-3H3. The molecule has 0 aliphatic heterocycles. The second-order valence-electron chi connectivity index (χ2n) is 4.19. The van der Waals surface area contributed by atoms with E-state index in [0.717, 1.165) is 38.5 Å². The van der Waals surface area contributed by atoms with E-state index in [1.165, 1.54) is 6.92 Å². The molecule has 0 bridgehead atoms. The Morgan fingerprint density at radius 1 is 1.20 bits per heavy atom. The first-order chi connectivity index (χ1) is 7.10. The fourth-order valence-corrected chi connectivity index (χ4v) is 1.78. The summed E-state index contributed by atoms with van der Waals surface area (Å²) in [4.78, 5) is 11.1. The maximum atomic E-state index is 11.1.